The van der Waals surface area contributed by atoms with Crippen LogP contribution in [0.1, 0.15) is 11.1 Å². The van der Waals surface area contributed by atoms with Crippen LogP contribution in [0.2, 0.25) is 0 Å². The van der Waals surface area contributed by atoms with Gasteiger partial charge >= 0.3 is 0 Å². The quantitative estimate of drug-likeness (QED) is 0.707. The molecular formula is C19H15ClO3S. The number of benzene rings is 3. The molecule has 0 spiro atoms. The summed E-state index contributed by atoms with van der Waals surface area (Å²) in [6, 6.07) is 22.8. The van der Waals surface area contributed by atoms with Gasteiger partial charge in [-0.2, -0.15) is 0 Å². The summed E-state index contributed by atoms with van der Waals surface area (Å²) < 4.78 is 24.9. The van der Waals surface area contributed by atoms with Gasteiger partial charge in [-0.05, 0) is 35.4 Å². The number of alkyl halides is 1. The summed E-state index contributed by atoms with van der Waals surface area (Å²) in [5, 5.41) is 9.43. The van der Waals surface area contributed by atoms with Crippen molar-refractivity contribution in [3.8, 4) is 5.75 Å². The van der Waals surface area contributed by atoms with E-state index >= 15 is 0 Å². The van der Waals surface area contributed by atoms with Crippen molar-refractivity contribution in [3.63, 3.8) is 0 Å². The first kappa shape index (κ1) is 16.6. The van der Waals surface area contributed by atoms with E-state index in [1.165, 1.54) is 24.3 Å². The fourth-order valence-corrected chi connectivity index (χ4v) is 4.80. The smallest absolute Gasteiger partial charge is 0.206 e. The largest absolute Gasteiger partial charge is 0.508 e. The number of phenolic OH excluding ortho intramolecular Hbond substituents is 1. The van der Waals surface area contributed by atoms with Crippen LogP contribution in [0.25, 0.3) is 0 Å². The molecule has 3 aromatic carbocycles. The van der Waals surface area contributed by atoms with Crippen LogP contribution in [0, 0.1) is 0 Å². The van der Waals surface area contributed by atoms with E-state index in [0.717, 1.165) is 0 Å². The third-order valence-corrected chi connectivity index (χ3v) is 6.96. The van der Waals surface area contributed by atoms with Crippen LogP contribution < -0.4 is 0 Å². The van der Waals surface area contributed by atoms with E-state index in [0.29, 0.717) is 11.1 Å². The maximum atomic E-state index is 13.4. The summed E-state index contributed by atoms with van der Waals surface area (Å²) in [5.74, 6) is -0.00598. The molecule has 0 unspecified atom stereocenters. The molecule has 3 nitrogen and oxygen atoms in total. The van der Waals surface area contributed by atoms with E-state index < -0.39 is 14.0 Å². The molecule has 0 saturated heterocycles. The van der Waals surface area contributed by atoms with E-state index in [-0.39, 0.29) is 10.6 Å². The first-order valence-corrected chi connectivity index (χ1v) is 9.16. The maximum Gasteiger partial charge on any atom is 0.206 e. The zero-order valence-corrected chi connectivity index (χ0v) is 14.2. The second-order valence-electron chi connectivity index (χ2n) is 5.32. The average Bonchev–Trinajstić information content (AvgIpc) is 2.62. The molecule has 1 N–H and O–H groups in total. The fraction of sp³-hybridized carbons (Fsp3) is 0.0526. The Morgan fingerprint density at radius 1 is 0.708 bits per heavy atom. The standard InChI is InChI=1S/C19H15ClO3S/c20-19(15-7-3-1-4-8-15,16-9-5-2-6-10-16)24(22,23)18-13-11-17(21)12-14-18/h1-14,21H. The first-order valence-electron chi connectivity index (χ1n) is 7.30. The summed E-state index contributed by atoms with van der Waals surface area (Å²) in [5.41, 5.74) is 0.928. The molecule has 0 atom stereocenters. The highest BCUT2D eigenvalue weighted by Crippen LogP contribution is 2.45. The van der Waals surface area contributed by atoms with Crippen LogP contribution >= 0.6 is 11.6 Å². The lowest BCUT2D eigenvalue weighted by Gasteiger charge is -2.28. The Bertz CT molecular complexity index is 882. The lowest BCUT2D eigenvalue weighted by molar-refractivity contribution is 0.474. The molecular weight excluding hydrogens is 344 g/mol. The molecule has 5 heteroatoms. The van der Waals surface area contributed by atoms with Gasteiger partial charge in [0.25, 0.3) is 0 Å². The minimum atomic E-state index is -3.97. The molecule has 0 saturated carbocycles. The Morgan fingerprint density at radius 3 is 1.54 bits per heavy atom. The number of sulfone groups is 1. The third-order valence-electron chi connectivity index (χ3n) is 3.81. The highest BCUT2D eigenvalue weighted by Gasteiger charge is 2.46. The van der Waals surface area contributed by atoms with Crippen LogP contribution in [-0.4, -0.2) is 13.5 Å². The van der Waals surface area contributed by atoms with Crippen LogP contribution in [0.5, 0.6) is 5.75 Å². The predicted molar refractivity (Wildman–Crippen MR) is 94.8 cm³/mol. The topological polar surface area (TPSA) is 54.4 Å². The number of aromatic hydroxyl groups is 1. The van der Waals surface area contributed by atoms with Crippen LogP contribution in [0.3, 0.4) is 0 Å². The Balaban J connectivity index is 2.28. The van der Waals surface area contributed by atoms with Gasteiger partial charge < -0.3 is 5.11 Å². The van der Waals surface area contributed by atoms with E-state index in [2.05, 4.69) is 0 Å². The van der Waals surface area contributed by atoms with Crippen molar-refractivity contribution in [2.24, 2.45) is 0 Å². The Morgan fingerprint density at radius 2 is 1.12 bits per heavy atom. The molecule has 24 heavy (non-hydrogen) atoms. The lowest BCUT2D eigenvalue weighted by Crippen LogP contribution is -2.31. The van der Waals surface area contributed by atoms with Gasteiger partial charge in [-0.1, -0.05) is 72.3 Å². The van der Waals surface area contributed by atoms with Crippen molar-refractivity contribution in [1.82, 2.24) is 0 Å². The molecule has 0 heterocycles. The maximum absolute atomic E-state index is 13.4. The van der Waals surface area contributed by atoms with Crippen molar-refractivity contribution < 1.29 is 13.5 Å². The Hall–Kier alpha value is -2.30. The van der Waals surface area contributed by atoms with Gasteiger partial charge in [-0.25, -0.2) is 8.42 Å². The third kappa shape index (κ3) is 2.68. The number of halogens is 1. The molecule has 0 amide bonds. The molecule has 0 bridgehead atoms. The second kappa shape index (κ2) is 6.30. The molecule has 122 valence electrons. The Labute approximate surface area is 146 Å². The minimum absolute atomic E-state index is 0.00598. The molecule has 0 aromatic heterocycles. The molecule has 0 aliphatic heterocycles. The van der Waals surface area contributed by atoms with Crippen molar-refractivity contribution in [2.75, 3.05) is 0 Å². The first-order chi connectivity index (χ1) is 11.5. The lowest BCUT2D eigenvalue weighted by atomic mass is 10.0. The van der Waals surface area contributed by atoms with Gasteiger partial charge in [0.1, 0.15) is 5.75 Å². The summed E-state index contributed by atoms with van der Waals surface area (Å²) in [4.78, 5) is 0.0445. The van der Waals surface area contributed by atoms with Crippen LogP contribution in [-0.2, 0) is 14.0 Å². The van der Waals surface area contributed by atoms with Gasteiger partial charge in [0.2, 0.25) is 9.84 Å². The van der Waals surface area contributed by atoms with E-state index in [1.807, 2.05) is 0 Å². The van der Waals surface area contributed by atoms with E-state index in [4.69, 9.17) is 11.6 Å². The number of hydrogen-bond donors (Lipinski definition) is 1. The van der Waals surface area contributed by atoms with Crippen LogP contribution in [0.4, 0.5) is 0 Å². The average molecular weight is 359 g/mol. The summed E-state index contributed by atoms with van der Waals surface area (Å²) in [7, 11) is -3.97. The molecule has 0 aliphatic carbocycles. The van der Waals surface area contributed by atoms with Crippen molar-refractivity contribution in [1.29, 1.82) is 0 Å². The van der Waals surface area contributed by atoms with Gasteiger partial charge in [-0.3, -0.25) is 0 Å². The van der Waals surface area contributed by atoms with Gasteiger partial charge in [0.15, 0.2) is 4.21 Å². The number of hydrogen-bond acceptors (Lipinski definition) is 3. The monoisotopic (exact) mass is 358 g/mol. The Kier molecular flexibility index (Phi) is 4.35. The molecule has 3 rings (SSSR count). The number of rotatable bonds is 4. The molecule has 0 fully saturated rings. The van der Waals surface area contributed by atoms with Gasteiger partial charge in [0, 0.05) is 0 Å². The minimum Gasteiger partial charge on any atom is -0.508 e. The van der Waals surface area contributed by atoms with Gasteiger partial charge in [-0.15, -0.1) is 0 Å². The molecule has 3 aromatic rings. The highest BCUT2D eigenvalue weighted by molar-refractivity contribution is 7.94. The normalized spacial score (nSPS) is 12.0. The fourth-order valence-electron chi connectivity index (χ4n) is 2.57. The second-order valence-corrected chi connectivity index (χ2v) is 8.21. The summed E-state index contributed by atoms with van der Waals surface area (Å²) >= 11 is 6.81. The SMILES string of the molecule is O=S(=O)(c1ccc(O)cc1)C(Cl)(c1ccccc1)c1ccccc1. The van der Waals surface area contributed by atoms with Crippen molar-refractivity contribution in [2.45, 2.75) is 9.10 Å². The van der Waals surface area contributed by atoms with Gasteiger partial charge in [0.05, 0.1) is 4.90 Å². The van der Waals surface area contributed by atoms with E-state index in [1.54, 1.807) is 60.7 Å². The van der Waals surface area contributed by atoms with Crippen molar-refractivity contribution in [3.05, 3.63) is 96.1 Å². The highest BCUT2D eigenvalue weighted by atomic mass is 35.5. The molecule has 0 aliphatic rings. The summed E-state index contributed by atoms with van der Waals surface area (Å²) in [6.07, 6.45) is 0. The predicted octanol–water partition coefficient (Wildman–Crippen LogP) is 4.31. The zero-order chi connectivity index (χ0) is 17.2. The van der Waals surface area contributed by atoms with E-state index in [9.17, 15) is 13.5 Å². The molecule has 0 radical (unpaired) electrons. The van der Waals surface area contributed by atoms with Crippen molar-refractivity contribution >= 4 is 21.4 Å². The zero-order valence-electron chi connectivity index (χ0n) is 12.6. The number of phenols is 1. The van der Waals surface area contributed by atoms with Crippen LogP contribution in [0.15, 0.2) is 89.8 Å². The summed E-state index contributed by atoms with van der Waals surface area (Å²) in [6.45, 7) is 0.